The minimum absolute atomic E-state index is 0.220. The van der Waals surface area contributed by atoms with Crippen LogP contribution in [0.25, 0.3) is 10.8 Å². The first kappa shape index (κ1) is 27.9. The second-order valence-electron chi connectivity index (χ2n) is 9.64. The molecule has 0 spiro atoms. The topological polar surface area (TPSA) is 157 Å². The van der Waals surface area contributed by atoms with Crippen molar-refractivity contribution in [1.29, 1.82) is 0 Å². The molecule has 12 nitrogen and oxygen atoms in total. The molecule has 1 unspecified atom stereocenters. The summed E-state index contributed by atoms with van der Waals surface area (Å²) in [4.78, 5) is 48.0. The zero-order valence-electron chi connectivity index (χ0n) is 22.2. The summed E-state index contributed by atoms with van der Waals surface area (Å²) in [5, 5.41) is 28.7. The number of nitrogens with one attached hydrogen (secondary N) is 1. The quantitative estimate of drug-likeness (QED) is 0.170. The molecule has 0 aliphatic carbocycles. The van der Waals surface area contributed by atoms with E-state index in [-0.39, 0.29) is 12.1 Å². The van der Waals surface area contributed by atoms with Gasteiger partial charge in [-0.25, -0.2) is 5.43 Å². The number of non-ortho nitro benzene ring substituents is 2. The lowest BCUT2D eigenvalue weighted by Gasteiger charge is -2.23. The fourth-order valence-electron chi connectivity index (χ4n) is 4.85. The highest BCUT2D eigenvalue weighted by Crippen LogP contribution is 2.27. The average molecular weight is 568 g/mol. The average Bonchev–Trinajstić information content (AvgIpc) is 3.50. The predicted octanol–water partition coefficient (Wildman–Crippen LogP) is 4.99. The van der Waals surface area contributed by atoms with Crippen LogP contribution in [0.2, 0.25) is 0 Å². The van der Waals surface area contributed by atoms with Gasteiger partial charge in [0.05, 0.1) is 27.7 Å². The number of likely N-dealkylation sites (tertiary alicyclic amines) is 1. The number of carbonyl (C=O) groups excluding carboxylic acids is 2. The molecule has 1 aliphatic heterocycles. The maximum atomic E-state index is 13.1. The molecule has 1 heterocycles. The first-order valence-corrected chi connectivity index (χ1v) is 13.1. The number of hydrogen-bond acceptors (Lipinski definition) is 8. The van der Waals surface area contributed by atoms with E-state index in [2.05, 4.69) is 28.7 Å². The van der Waals surface area contributed by atoms with Crippen molar-refractivity contribution >= 4 is 40.2 Å². The molecule has 5 rings (SSSR count). The summed E-state index contributed by atoms with van der Waals surface area (Å²) in [5.41, 5.74) is 2.82. The van der Waals surface area contributed by atoms with Crippen molar-refractivity contribution in [3.05, 3.63) is 122 Å². The molecule has 0 bridgehead atoms. The molecule has 4 aromatic carbocycles. The molecule has 0 saturated carbocycles. The molecule has 12 heteroatoms. The third-order valence-corrected chi connectivity index (χ3v) is 6.93. The van der Waals surface area contributed by atoms with Gasteiger partial charge in [0.1, 0.15) is 18.4 Å². The summed E-state index contributed by atoms with van der Waals surface area (Å²) < 4.78 is 5.95. The van der Waals surface area contributed by atoms with Crippen LogP contribution in [-0.4, -0.2) is 45.4 Å². The Kier molecular flexibility index (Phi) is 8.14. The zero-order chi connectivity index (χ0) is 29.6. The van der Waals surface area contributed by atoms with Gasteiger partial charge in [0.15, 0.2) is 0 Å². The number of nitro benzene ring substituents is 2. The Morgan fingerprint density at radius 1 is 0.952 bits per heavy atom. The maximum absolute atomic E-state index is 13.1. The molecule has 0 aromatic heterocycles. The van der Waals surface area contributed by atoms with Crippen molar-refractivity contribution in [2.45, 2.75) is 25.5 Å². The number of amides is 2. The summed E-state index contributed by atoms with van der Waals surface area (Å²) in [6.45, 7) is 0.627. The van der Waals surface area contributed by atoms with Crippen LogP contribution in [0.15, 0.2) is 90.0 Å². The molecule has 1 N–H and O–H groups in total. The smallest absolute Gasteiger partial charge is 0.277 e. The van der Waals surface area contributed by atoms with Gasteiger partial charge in [0.25, 0.3) is 23.2 Å². The van der Waals surface area contributed by atoms with E-state index >= 15 is 0 Å². The molecule has 1 saturated heterocycles. The Balaban J connectivity index is 1.19. The molecule has 2 amide bonds. The Morgan fingerprint density at radius 2 is 1.64 bits per heavy atom. The monoisotopic (exact) mass is 567 g/mol. The number of ether oxygens (including phenoxy) is 1. The van der Waals surface area contributed by atoms with E-state index in [4.69, 9.17) is 4.74 Å². The summed E-state index contributed by atoms with van der Waals surface area (Å²) in [6, 6.07) is 23.2. The Morgan fingerprint density at radius 3 is 2.36 bits per heavy atom. The lowest BCUT2D eigenvalue weighted by molar-refractivity contribution is -0.394. The number of rotatable bonds is 9. The van der Waals surface area contributed by atoms with Crippen LogP contribution < -0.4 is 10.2 Å². The maximum Gasteiger partial charge on any atom is 0.277 e. The molecule has 42 heavy (non-hydrogen) atoms. The minimum atomic E-state index is -0.877. The van der Waals surface area contributed by atoms with E-state index in [9.17, 15) is 29.8 Å². The van der Waals surface area contributed by atoms with Gasteiger partial charge in [-0.15, -0.1) is 0 Å². The van der Waals surface area contributed by atoms with Crippen molar-refractivity contribution in [2.75, 3.05) is 6.54 Å². The first-order valence-electron chi connectivity index (χ1n) is 13.1. The summed E-state index contributed by atoms with van der Waals surface area (Å²) in [7, 11) is 0. The molecule has 1 fully saturated rings. The number of nitrogens with zero attached hydrogens (tertiary/aromatic N) is 4. The van der Waals surface area contributed by atoms with Crippen LogP contribution in [0.3, 0.4) is 0 Å². The predicted molar refractivity (Wildman–Crippen MR) is 154 cm³/mol. The molecule has 1 atom stereocenters. The van der Waals surface area contributed by atoms with Gasteiger partial charge in [0.2, 0.25) is 0 Å². The Hall–Kier alpha value is -5.65. The van der Waals surface area contributed by atoms with Gasteiger partial charge in [0, 0.05) is 18.7 Å². The fourth-order valence-corrected chi connectivity index (χ4v) is 4.85. The summed E-state index contributed by atoms with van der Waals surface area (Å²) >= 11 is 0. The van der Waals surface area contributed by atoms with E-state index in [1.807, 2.05) is 24.3 Å². The highest BCUT2D eigenvalue weighted by atomic mass is 16.6. The third kappa shape index (κ3) is 6.22. The van der Waals surface area contributed by atoms with Crippen molar-refractivity contribution in [3.63, 3.8) is 0 Å². The number of nitro groups is 2. The van der Waals surface area contributed by atoms with Gasteiger partial charge in [-0.2, -0.15) is 5.10 Å². The molecule has 212 valence electrons. The van der Waals surface area contributed by atoms with Crippen LogP contribution in [0.4, 0.5) is 11.4 Å². The normalized spacial score (nSPS) is 14.7. The summed E-state index contributed by atoms with van der Waals surface area (Å²) in [6.07, 6.45) is 2.33. The van der Waals surface area contributed by atoms with Gasteiger partial charge < -0.3 is 9.64 Å². The molecule has 0 radical (unpaired) electrons. The number of hydrazone groups is 1. The van der Waals surface area contributed by atoms with E-state index in [0.29, 0.717) is 30.8 Å². The number of carbonyl (C=O) groups is 2. The first-order chi connectivity index (χ1) is 20.3. The van der Waals surface area contributed by atoms with Crippen LogP contribution >= 0.6 is 0 Å². The van der Waals surface area contributed by atoms with Crippen molar-refractivity contribution in [1.82, 2.24) is 10.3 Å². The Labute approximate surface area is 239 Å². The van der Waals surface area contributed by atoms with E-state index in [1.54, 1.807) is 24.3 Å². The van der Waals surface area contributed by atoms with E-state index in [1.165, 1.54) is 11.1 Å². The van der Waals surface area contributed by atoms with Crippen molar-refractivity contribution in [3.8, 4) is 5.75 Å². The van der Waals surface area contributed by atoms with Gasteiger partial charge in [-0.3, -0.25) is 29.8 Å². The highest BCUT2D eigenvalue weighted by molar-refractivity contribution is 5.99. The second-order valence-corrected chi connectivity index (χ2v) is 9.64. The van der Waals surface area contributed by atoms with E-state index < -0.39 is 39.1 Å². The number of fused-ring (bicyclic) bond motifs is 1. The third-order valence-electron chi connectivity index (χ3n) is 6.93. The fraction of sp³-hybridized carbons (Fsp3) is 0.167. The van der Waals surface area contributed by atoms with Gasteiger partial charge >= 0.3 is 0 Å². The van der Waals surface area contributed by atoms with Crippen LogP contribution in [-0.2, 0) is 11.4 Å². The highest BCUT2D eigenvalue weighted by Gasteiger charge is 2.35. The van der Waals surface area contributed by atoms with Crippen LogP contribution in [0, 0.1) is 20.2 Å². The second kappa shape index (κ2) is 12.3. The van der Waals surface area contributed by atoms with Crippen LogP contribution in [0.1, 0.15) is 34.3 Å². The lowest BCUT2D eigenvalue weighted by atomic mass is 10.1. The molecule has 1 aliphatic rings. The minimum Gasteiger partial charge on any atom is -0.489 e. The number of hydrogen-bond donors (Lipinski definition) is 1. The van der Waals surface area contributed by atoms with E-state index in [0.717, 1.165) is 34.5 Å². The lowest BCUT2D eigenvalue weighted by Crippen LogP contribution is -2.44. The van der Waals surface area contributed by atoms with Gasteiger partial charge in [-0.1, -0.05) is 42.5 Å². The number of benzene rings is 4. The molecular weight excluding hydrogens is 542 g/mol. The van der Waals surface area contributed by atoms with Gasteiger partial charge in [-0.05, 0) is 59.0 Å². The Bertz CT molecular complexity index is 1670. The SMILES string of the molecule is O=C(N/N=C/c1ccc(OCc2cccc3ccccc23)cc1)C1CCCN1C(=O)c1cc([N+](=O)[O-])cc([N+](=O)[O-])c1. The molecule has 4 aromatic rings. The van der Waals surface area contributed by atoms with Crippen molar-refractivity contribution in [2.24, 2.45) is 5.10 Å². The largest absolute Gasteiger partial charge is 0.489 e. The van der Waals surface area contributed by atoms with Crippen LogP contribution in [0.5, 0.6) is 5.75 Å². The summed E-state index contributed by atoms with van der Waals surface area (Å²) in [5.74, 6) is -0.569. The van der Waals surface area contributed by atoms with Crippen molar-refractivity contribution < 1.29 is 24.2 Å². The standard InChI is InChI=1S/C30H25N5O7/c36-29(28-9-4-14-33(28)30(37)23-15-24(34(38)39)17-25(16-23)35(40)41)32-31-18-20-10-12-26(13-11-20)42-19-22-7-3-6-21-5-1-2-8-27(21)22/h1-3,5-8,10-13,15-18,28H,4,9,14,19H2,(H,32,36)/b31-18+. The molecular formula is C30H25N5O7. The zero-order valence-corrected chi connectivity index (χ0v) is 22.2.